The summed E-state index contributed by atoms with van der Waals surface area (Å²) in [6.45, 7) is 5.97. The molecule has 1 aliphatic carbocycles. The van der Waals surface area contributed by atoms with Gasteiger partial charge in [0.2, 0.25) is 0 Å². The third-order valence-electron chi connectivity index (χ3n) is 5.08. The lowest BCUT2D eigenvalue weighted by molar-refractivity contribution is 0.242. The van der Waals surface area contributed by atoms with E-state index >= 15 is 0 Å². The van der Waals surface area contributed by atoms with E-state index in [9.17, 15) is 0 Å². The summed E-state index contributed by atoms with van der Waals surface area (Å²) in [5, 5.41) is 15.0. The monoisotopic (exact) mass is 319 g/mol. The fourth-order valence-electron chi connectivity index (χ4n) is 3.74. The van der Waals surface area contributed by atoms with Gasteiger partial charge in [-0.25, -0.2) is 0 Å². The molecule has 1 unspecified atom stereocenters. The van der Waals surface area contributed by atoms with Crippen LogP contribution in [0.25, 0.3) is 0 Å². The number of aliphatic imine (C=N–C) groups is 1. The SMILES string of the molecule is CCn1cnnc1CNC(=NC)NC1CCN(C2CCCC2)C1. The first-order valence-electron chi connectivity index (χ1n) is 8.88. The molecule has 2 heterocycles. The fourth-order valence-corrected chi connectivity index (χ4v) is 3.74. The molecule has 1 saturated carbocycles. The summed E-state index contributed by atoms with van der Waals surface area (Å²) < 4.78 is 2.04. The molecule has 3 rings (SSSR count). The molecule has 7 heteroatoms. The van der Waals surface area contributed by atoms with Gasteiger partial charge in [-0.1, -0.05) is 12.8 Å². The topological polar surface area (TPSA) is 70.4 Å². The van der Waals surface area contributed by atoms with Crippen LogP contribution in [0.5, 0.6) is 0 Å². The second-order valence-electron chi connectivity index (χ2n) is 6.52. The van der Waals surface area contributed by atoms with E-state index in [1.165, 1.54) is 38.6 Å². The predicted molar refractivity (Wildman–Crippen MR) is 91.3 cm³/mol. The molecule has 1 aromatic heterocycles. The van der Waals surface area contributed by atoms with Crippen molar-refractivity contribution in [3.05, 3.63) is 12.2 Å². The molecule has 0 radical (unpaired) electrons. The van der Waals surface area contributed by atoms with Crippen LogP contribution in [0.2, 0.25) is 0 Å². The molecule has 2 aliphatic rings. The van der Waals surface area contributed by atoms with Gasteiger partial charge in [-0.2, -0.15) is 0 Å². The van der Waals surface area contributed by atoms with Gasteiger partial charge in [0.05, 0.1) is 6.54 Å². The van der Waals surface area contributed by atoms with Crippen molar-refractivity contribution in [1.82, 2.24) is 30.3 Å². The first kappa shape index (κ1) is 16.2. The number of hydrogen-bond acceptors (Lipinski definition) is 4. The van der Waals surface area contributed by atoms with E-state index in [1.54, 1.807) is 6.33 Å². The lowest BCUT2D eigenvalue weighted by Gasteiger charge is -2.24. The van der Waals surface area contributed by atoms with Crippen LogP contribution in [0.3, 0.4) is 0 Å². The van der Waals surface area contributed by atoms with Crippen molar-refractivity contribution in [1.29, 1.82) is 0 Å². The molecule has 1 saturated heterocycles. The average molecular weight is 319 g/mol. The van der Waals surface area contributed by atoms with Gasteiger partial charge in [0.1, 0.15) is 6.33 Å². The summed E-state index contributed by atoms with van der Waals surface area (Å²) >= 11 is 0. The van der Waals surface area contributed by atoms with Crippen molar-refractivity contribution in [3.63, 3.8) is 0 Å². The summed E-state index contributed by atoms with van der Waals surface area (Å²) in [5.41, 5.74) is 0. The Kier molecular flexibility index (Phi) is 5.48. The van der Waals surface area contributed by atoms with Crippen LogP contribution in [-0.4, -0.2) is 57.8 Å². The Morgan fingerprint density at radius 3 is 2.91 bits per heavy atom. The smallest absolute Gasteiger partial charge is 0.191 e. The van der Waals surface area contributed by atoms with E-state index in [0.29, 0.717) is 12.6 Å². The first-order chi connectivity index (χ1) is 11.3. The number of aromatic nitrogens is 3. The zero-order valence-electron chi connectivity index (χ0n) is 14.3. The highest BCUT2D eigenvalue weighted by Gasteiger charge is 2.30. The van der Waals surface area contributed by atoms with Crippen molar-refractivity contribution >= 4 is 5.96 Å². The van der Waals surface area contributed by atoms with Crippen molar-refractivity contribution in [3.8, 4) is 0 Å². The van der Waals surface area contributed by atoms with Crippen LogP contribution in [0.15, 0.2) is 11.3 Å². The summed E-state index contributed by atoms with van der Waals surface area (Å²) in [6.07, 6.45) is 8.53. The molecule has 0 bridgehead atoms. The molecule has 0 amide bonds. The Morgan fingerprint density at radius 1 is 1.35 bits per heavy atom. The second-order valence-corrected chi connectivity index (χ2v) is 6.52. The van der Waals surface area contributed by atoms with Crippen molar-refractivity contribution in [2.45, 2.75) is 64.2 Å². The lowest BCUT2D eigenvalue weighted by atomic mass is 10.2. The summed E-state index contributed by atoms with van der Waals surface area (Å²) in [6, 6.07) is 1.31. The minimum absolute atomic E-state index is 0.492. The van der Waals surface area contributed by atoms with E-state index in [4.69, 9.17) is 0 Å². The number of aryl methyl sites for hydroxylation is 1. The number of nitrogens with one attached hydrogen (secondary N) is 2. The molecule has 2 N–H and O–H groups in total. The predicted octanol–water partition coefficient (Wildman–Crippen LogP) is 0.980. The minimum Gasteiger partial charge on any atom is -0.352 e. The Bertz CT molecular complexity index is 518. The number of likely N-dealkylation sites (tertiary alicyclic amines) is 1. The maximum atomic E-state index is 4.35. The molecular formula is C16H29N7. The lowest BCUT2D eigenvalue weighted by Crippen LogP contribution is -2.45. The molecule has 2 fully saturated rings. The number of nitrogens with zero attached hydrogens (tertiary/aromatic N) is 5. The molecule has 23 heavy (non-hydrogen) atoms. The van der Waals surface area contributed by atoms with Crippen LogP contribution >= 0.6 is 0 Å². The van der Waals surface area contributed by atoms with E-state index in [2.05, 4.69) is 37.6 Å². The van der Waals surface area contributed by atoms with Gasteiger partial charge in [-0.3, -0.25) is 9.89 Å². The van der Waals surface area contributed by atoms with E-state index in [1.807, 2.05) is 11.6 Å². The Hall–Kier alpha value is -1.63. The summed E-state index contributed by atoms with van der Waals surface area (Å²) in [5.74, 6) is 1.79. The molecule has 1 aliphatic heterocycles. The summed E-state index contributed by atoms with van der Waals surface area (Å²) in [7, 11) is 1.82. The van der Waals surface area contributed by atoms with Gasteiger partial charge in [-0.05, 0) is 26.2 Å². The maximum absolute atomic E-state index is 4.35. The van der Waals surface area contributed by atoms with Crippen molar-refractivity contribution in [2.75, 3.05) is 20.1 Å². The fraction of sp³-hybridized carbons (Fsp3) is 0.812. The highest BCUT2D eigenvalue weighted by Crippen LogP contribution is 2.26. The van der Waals surface area contributed by atoms with Crippen LogP contribution < -0.4 is 10.6 Å². The number of guanidine groups is 1. The quantitative estimate of drug-likeness (QED) is 0.625. The van der Waals surface area contributed by atoms with Crippen molar-refractivity contribution < 1.29 is 0 Å². The number of hydrogen-bond donors (Lipinski definition) is 2. The van der Waals surface area contributed by atoms with Crippen LogP contribution in [0.1, 0.15) is 44.9 Å². The standard InChI is InChI=1S/C16H29N7/c1-3-22-12-19-21-15(22)10-18-16(17-2)20-13-8-9-23(11-13)14-6-4-5-7-14/h12-14H,3-11H2,1-2H3,(H2,17,18,20). The third-order valence-corrected chi connectivity index (χ3v) is 5.08. The minimum atomic E-state index is 0.492. The number of rotatable bonds is 5. The van der Waals surface area contributed by atoms with E-state index in [-0.39, 0.29) is 0 Å². The Balaban J connectivity index is 1.46. The van der Waals surface area contributed by atoms with Gasteiger partial charge in [0.15, 0.2) is 11.8 Å². The Labute approximate surface area is 138 Å². The summed E-state index contributed by atoms with van der Waals surface area (Å²) in [4.78, 5) is 7.01. The van der Waals surface area contributed by atoms with Gasteiger partial charge >= 0.3 is 0 Å². The van der Waals surface area contributed by atoms with Crippen molar-refractivity contribution in [2.24, 2.45) is 4.99 Å². The maximum Gasteiger partial charge on any atom is 0.191 e. The van der Waals surface area contributed by atoms with E-state index in [0.717, 1.165) is 30.9 Å². The average Bonchev–Trinajstić information content (AvgIpc) is 3.31. The zero-order chi connectivity index (χ0) is 16.1. The molecule has 1 aromatic rings. The normalized spacial score (nSPS) is 23.6. The van der Waals surface area contributed by atoms with Gasteiger partial charge in [0.25, 0.3) is 0 Å². The second kappa shape index (κ2) is 7.77. The molecule has 7 nitrogen and oxygen atoms in total. The molecule has 1 atom stereocenters. The molecule has 128 valence electrons. The molecule has 0 aromatic carbocycles. The van der Waals surface area contributed by atoms with E-state index < -0.39 is 0 Å². The largest absolute Gasteiger partial charge is 0.352 e. The molecule has 0 spiro atoms. The highest BCUT2D eigenvalue weighted by atomic mass is 15.3. The van der Waals surface area contributed by atoms with Gasteiger partial charge < -0.3 is 15.2 Å². The van der Waals surface area contributed by atoms with Crippen LogP contribution in [-0.2, 0) is 13.1 Å². The third kappa shape index (κ3) is 4.02. The molecular weight excluding hydrogens is 290 g/mol. The Morgan fingerprint density at radius 2 is 2.17 bits per heavy atom. The first-order valence-corrected chi connectivity index (χ1v) is 8.88. The van der Waals surface area contributed by atoms with Gasteiger partial charge in [-0.15, -0.1) is 10.2 Å². The van der Waals surface area contributed by atoms with Crippen LogP contribution in [0.4, 0.5) is 0 Å². The zero-order valence-corrected chi connectivity index (χ0v) is 14.3. The highest BCUT2D eigenvalue weighted by molar-refractivity contribution is 5.79. The van der Waals surface area contributed by atoms with Gasteiger partial charge in [0, 0.05) is 38.8 Å². The van der Waals surface area contributed by atoms with Crippen LogP contribution in [0, 0.1) is 0 Å².